The van der Waals surface area contributed by atoms with Gasteiger partial charge in [0.05, 0.1) is 5.69 Å². The summed E-state index contributed by atoms with van der Waals surface area (Å²) in [5.74, 6) is 1.94. The molecule has 0 aliphatic carbocycles. The average molecular weight is 363 g/mol. The van der Waals surface area contributed by atoms with E-state index in [4.69, 9.17) is 9.72 Å². The molecule has 0 amide bonds. The summed E-state index contributed by atoms with van der Waals surface area (Å²) in [5, 5.41) is 6.91. The van der Waals surface area contributed by atoms with E-state index in [1.54, 1.807) is 12.1 Å². The Labute approximate surface area is 158 Å². The van der Waals surface area contributed by atoms with Gasteiger partial charge in [-0.1, -0.05) is 6.07 Å². The maximum Gasteiger partial charge on any atom is 0.127 e. The number of piperidine rings is 1. The maximum atomic E-state index is 13.0. The molecule has 1 saturated heterocycles. The SMILES string of the molecule is Fc1ccc(Oc2ccc(-c3cccc(NC4CCNCC4)n3)cc2)cc1. The molecule has 4 nitrogen and oxygen atoms in total. The number of rotatable bonds is 5. The zero-order valence-corrected chi connectivity index (χ0v) is 15.0. The molecule has 138 valence electrons. The fourth-order valence-corrected chi connectivity index (χ4v) is 3.18. The quantitative estimate of drug-likeness (QED) is 0.681. The van der Waals surface area contributed by atoms with Gasteiger partial charge >= 0.3 is 0 Å². The molecule has 1 aliphatic rings. The van der Waals surface area contributed by atoms with Crippen LogP contribution in [-0.2, 0) is 0 Å². The first-order valence-electron chi connectivity index (χ1n) is 9.24. The molecule has 1 aromatic heterocycles. The number of pyridine rings is 1. The first-order chi connectivity index (χ1) is 13.3. The highest BCUT2D eigenvalue weighted by Gasteiger charge is 2.13. The van der Waals surface area contributed by atoms with Crippen LogP contribution in [0.4, 0.5) is 10.2 Å². The third-order valence-electron chi connectivity index (χ3n) is 4.64. The molecule has 3 aromatic rings. The van der Waals surface area contributed by atoms with Crippen LogP contribution in [0.2, 0.25) is 0 Å². The highest BCUT2D eigenvalue weighted by molar-refractivity contribution is 5.62. The molecule has 1 aliphatic heterocycles. The fourth-order valence-electron chi connectivity index (χ4n) is 3.18. The van der Waals surface area contributed by atoms with Gasteiger partial charge in [0.2, 0.25) is 0 Å². The van der Waals surface area contributed by atoms with Gasteiger partial charge < -0.3 is 15.4 Å². The second kappa shape index (κ2) is 8.18. The molecule has 1 fully saturated rings. The predicted octanol–water partition coefficient (Wildman–Crippen LogP) is 4.84. The van der Waals surface area contributed by atoms with Crippen molar-refractivity contribution in [1.29, 1.82) is 0 Å². The molecule has 0 unspecified atom stereocenters. The summed E-state index contributed by atoms with van der Waals surface area (Å²) < 4.78 is 18.7. The van der Waals surface area contributed by atoms with Gasteiger partial charge in [-0.15, -0.1) is 0 Å². The van der Waals surface area contributed by atoms with E-state index in [0.717, 1.165) is 43.0 Å². The summed E-state index contributed by atoms with van der Waals surface area (Å²) in [5.41, 5.74) is 1.94. The van der Waals surface area contributed by atoms with Crippen LogP contribution in [-0.4, -0.2) is 24.1 Å². The van der Waals surface area contributed by atoms with Crippen molar-refractivity contribution in [2.24, 2.45) is 0 Å². The van der Waals surface area contributed by atoms with Gasteiger partial charge in [0.15, 0.2) is 0 Å². The summed E-state index contributed by atoms with van der Waals surface area (Å²) in [4.78, 5) is 4.75. The third-order valence-corrected chi connectivity index (χ3v) is 4.64. The van der Waals surface area contributed by atoms with E-state index >= 15 is 0 Å². The molecule has 0 radical (unpaired) electrons. The first-order valence-corrected chi connectivity index (χ1v) is 9.24. The number of nitrogens with zero attached hydrogens (tertiary/aromatic N) is 1. The first kappa shape index (κ1) is 17.5. The summed E-state index contributed by atoms with van der Waals surface area (Å²) >= 11 is 0. The lowest BCUT2D eigenvalue weighted by molar-refractivity contribution is 0.478. The molecule has 0 spiro atoms. The Morgan fingerprint density at radius 2 is 1.56 bits per heavy atom. The maximum absolute atomic E-state index is 13.0. The van der Waals surface area contributed by atoms with Crippen molar-refractivity contribution in [3.8, 4) is 22.8 Å². The van der Waals surface area contributed by atoms with Crippen molar-refractivity contribution in [2.45, 2.75) is 18.9 Å². The van der Waals surface area contributed by atoms with E-state index in [9.17, 15) is 4.39 Å². The summed E-state index contributed by atoms with van der Waals surface area (Å²) in [6.45, 7) is 2.10. The largest absolute Gasteiger partial charge is 0.457 e. The average Bonchev–Trinajstić information content (AvgIpc) is 2.71. The minimum absolute atomic E-state index is 0.276. The van der Waals surface area contributed by atoms with E-state index in [2.05, 4.69) is 10.6 Å². The van der Waals surface area contributed by atoms with Crippen molar-refractivity contribution in [1.82, 2.24) is 10.3 Å². The Hall–Kier alpha value is -2.92. The topological polar surface area (TPSA) is 46.2 Å². The van der Waals surface area contributed by atoms with E-state index in [0.29, 0.717) is 17.5 Å². The van der Waals surface area contributed by atoms with E-state index in [-0.39, 0.29) is 5.82 Å². The third kappa shape index (κ3) is 4.63. The molecular weight excluding hydrogens is 341 g/mol. The van der Waals surface area contributed by atoms with Crippen LogP contribution in [0.25, 0.3) is 11.3 Å². The summed E-state index contributed by atoms with van der Waals surface area (Å²) in [7, 11) is 0. The second-order valence-corrected chi connectivity index (χ2v) is 6.66. The summed E-state index contributed by atoms with van der Waals surface area (Å²) in [6.07, 6.45) is 2.22. The smallest absolute Gasteiger partial charge is 0.127 e. The molecular formula is C22H22FN3O. The fraction of sp³-hybridized carbons (Fsp3) is 0.227. The zero-order valence-electron chi connectivity index (χ0n) is 15.0. The van der Waals surface area contributed by atoms with Crippen molar-refractivity contribution >= 4 is 5.82 Å². The lowest BCUT2D eigenvalue weighted by atomic mass is 10.1. The zero-order chi connectivity index (χ0) is 18.5. The number of aromatic nitrogens is 1. The van der Waals surface area contributed by atoms with Crippen LogP contribution in [0, 0.1) is 5.82 Å². The van der Waals surface area contributed by atoms with Crippen molar-refractivity contribution < 1.29 is 9.13 Å². The van der Waals surface area contributed by atoms with Gasteiger partial charge in [-0.3, -0.25) is 0 Å². The standard InChI is InChI=1S/C22H22FN3O/c23-17-6-10-20(11-7-17)27-19-8-4-16(5-9-19)21-2-1-3-22(26-21)25-18-12-14-24-15-13-18/h1-11,18,24H,12-15H2,(H,25,26). The van der Waals surface area contributed by atoms with Gasteiger partial charge in [0.1, 0.15) is 23.1 Å². The van der Waals surface area contributed by atoms with Crippen LogP contribution in [0.15, 0.2) is 66.7 Å². The molecule has 27 heavy (non-hydrogen) atoms. The number of ether oxygens (including phenoxy) is 1. The van der Waals surface area contributed by atoms with Gasteiger partial charge in [-0.2, -0.15) is 0 Å². The van der Waals surface area contributed by atoms with Crippen LogP contribution >= 0.6 is 0 Å². The molecule has 5 heteroatoms. The van der Waals surface area contributed by atoms with Gasteiger partial charge in [-0.25, -0.2) is 9.37 Å². The molecule has 2 heterocycles. The van der Waals surface area contributed by atoms with E-state index < -0.39 is 0 Å². The Balaban J connectivity index is 1.45. The molecule has 0 saturated carbocycles. The van der Waals surface area contributed by atoms with Crippen LogP contribution in [0.3, 0.4) is 0 Å². The lowest BCUT2D eigenvalue weighted by Crippen LogP contribution is -2.35. The molecule has 0 atom stereocenters. The summed E-state index contributed by atoms with van der Waals surface area (Å²) in [6, 6.07) is 20.3. The van der Waals surface area contributed by atoms with Gasteiger partial charge in [0, 0.05) is 11.6 Å². The highest BCUT2D eigenvalue weighted by atomic mass is 19.1. The molecule has 4 rings (SSSR count). The van der Waals surface area contributed by atoms with Crippen LogP contribution in [0.1, 0.15) is 12.8 Å². The molecule has 2 N–H and O–H groups in total. The Kier molecular flexibility index (Phi) is 5.30. The number of hydrogen-bond donors (Lipinski definition) is 2. The number of benzene rings is 2. The number of hydrogen-bond acceptors (Lipinski definition) is 4. The molecule has 0 bridgehead atoms. The number of nitrogens with one attached hydrogen (secondary N) is 2. The van der Waals surface area contributed by atoms with E-state index in [1.165, 1.54) is 12.1 Å². The predicted molar refractivity (Wildman–Crippen MR) is 106 cm³/mol. The van der Waals surface area contributed by atoms with Crippen LogP contribution in [0.5, 0.6) is 11.5 Å². The van der Waals surface area contributed by atoms with Crippen molar-refractivity contribution in [3.05, 3.63) is 72.5 Å². The van der Waals surface area contributed by atoms with Crippen molar-refractivity contribution in [3.63, 3.8) is 0 Å². The van der Waals surface area contributed by atoms with Crippen LogP contribution < -0.4 is 15.4 Å². The van der Waals surface area contributed by atoms with Crippen molar-refractivity contribution in [2.75, 3.05) is 18.4 Å². The number of anilines is 1. The Bertz CT molecular complexity index is 875. The van der Waals surface area contributed by atoms with Gasteiger partial charge in [0.25, 0.3) is 0 Å². The molecule has 2 aromatic carbocycles. The van der Waals surface area contributed by atoms with E-state index in [1.807, 2.05) is 42.5 Å². The normalized spacial score (nSPS) is 14.7. The Morgan fingerprint density at radius 3 is 2.26 bits per heavy atom. The number of halogens is 1. The monoisotopic (exact) mass is 363 g/mol. The van der Waals surface area contributed by atoms with Gasteiger partial charge in [-0.05, 0) is 86.6 Å². The highest BCUT2D eigenvalue weighted by Crippen LogP contribution is 2.26. The second-order valence-electron chi connectivity index (χ2n) is 6.66. The minimum atomic E-state index is -0.276. The lowest BCUT2D eigenvalue weighted by Gasteiger charge is -2.24. The minimum Gasteiger partial charge on any atom is -0.457 e. The Morgan fingerprint density at radius 1 is 0.889 bits per heavy atom.